The van der Waals surface area contributed by atoms with E-state index in [2.05, 4.69) is 20.9 Å². The van der Waals surface area contributed by atoms with Crippen molar-refractivity contribution in [2.45, 2.75) is 38.0 Å². The third-order valence-electron chi connectivity index (χ3n) is 6.84. The molecular weight excluding hydrogens is 708 g/mol. The van der Waals surface area contributed by atoms with Gasteiger partial charge in [0.05, 0.1) is 35.2 Å². The highest BCUT2D eigenvalue weighted by molar-refractivity contribution is 14.1. The number of nitro groups is 1. The van der Waals surface area contributed by atoms with Gasteiger partial charge in [0.15, 0.2) is 5.82 Å². The minimum atomic E-state index is -2.17. The molecule has 15 heteroatoms. The normalized spacial score (nSPS) is 20.1. The molecule has 1 unspecified atom stereocenters. The zero-order valence-electron chi connectivity index (χ0n) is 22.9. The summed E-state index contributed by atoms with van der Waals surface area (Å²) < 4.78 is 33.0. The van der Waals surface area contributed by atoms with Crippen molar-refractivity contribution in [1.29, 1.82) is 0 Å². The number of pyridine rings is 1. The molecule has 0 spiro atoms. The Labute approximate surface area is 252 Å². The van der Waals surface area contributed by atoms with Crippen molar-refractivity contribution < 1.29 is 33.1 Å². The van der Waals surface area contributed by atoms with E-state index < -0.39 is 46.2 Å². The number of benzene rings is 1. The van der Waals surface area contributed by atoms with Gasteiger partial charge in [0.2, 0.25) is 11.4 Å². The standard InChI is InChI=1S/C25H30BrFIN5O7/c1-24(2,3)40-23(35)31-7-8-39-25(12-31,22(34)38-6)16-14-9-15(28)17(26)18(27)19(14)29-21(20(16)33(36)37)32-10-13(11-32)30(4)5/h9,13H,7-8,10-12H2,1-6H3. The van der Waals surface area contributed by atoms with E-state index in [4.69, 9.17) is 14.2 Å². The number of methoxy groups -OCH3 is 1. The second-order valence-electron chi connectivity index (χ2n) is 10.9. The van der Waals surface area contributed by atoms with Gasteiger partial charge in [-0.3, -0.25) is 10.1 Å². The van der Waals surface area contributed by atoms with E-state index in [9.17, 15) is 19.7 Å². The van der Waals surface area contributed by atoms with E-state index in [0.29, 0.717) is 16.7 Å². The van der Waals surface area contributed by atoms with Crippen molar-refractivity contribution in [3.05, 3.63) is 35.6 Å². The number of morpholine rings is 1. The van der Waals surface area contributed by atoms with E-state index in [-0.39, 0.29) is 46.0 Å². The van der Waals surface area contributed by atoms with Crippen LogP contribution in [-0.2, 0) is 24.6 Å². The van der Waals surface area contributed by atoms with Gasteiger partial charge in [-0.15, -0.1) is 0 Å². The Morgan fingerprint density at radius 2 is 2.00 bits per heavy atom. The summed E-state index contributed by atoms with van der Waals surface area (Å²) in [5, 5.41) is 12.8. The number of amides is 1. The maximum Gasteiger partial charge on any atom is 0.410 e. The molecule has 218 valence electrons. The molecule has 2 aliphatic rings. The zero-order valence-corrected chi connectivity index (χ0v) is 26.7. The fourth-order valence-corrected chi connectivity index (χ4v) is 5.64. The average molecular weight is 738 g/mol. The third kappa shape index (κ3) is 5.44. The molecule has 0 N–H and O–H groups in total. The van der Waals surface area contributed by atoms with Crippen LogP contribution in [0.15, 0.2) is 10.5 Å². The summed E-state index contributed by atoms with van der Waals surface area (Å²) in [6.45, 7) is 5.33. The average Bonchev–Trinajstić information content (AvgIpc) is 2.84. The number of halogens is 3. The summed E-state index contributed by atoms with van der Waals surface area (Å²) >= 11 is 5.12. The lowest BCUT2D eigenvalue weighted by Gasteiger charge is -2.44. The molecule has 0 radical (unpaired) electrons. The molecule has 12 nitrogen and oxygen atoms in total. The van der Waals surface area contributed by atoms with Crippen LogP contribution < -0.4 is 4.90 Å². The second-order valence-corrected chi connectivity index (χ2v) is 12.8. The van der Waals surface area contributed by atoms with Crippen LogP contribution in [0.5, 0.6) is 0 Å². The fourth-order valence-electron chi connectivity index (χ4n) is 4.79. The third-order valence-corrected chi connectivity index (χ3v) is 9.21. The van der Waals surface area contributed by atoms with Crippen molar-refractivity contribution in [2.75, 3.05) is 58.9 Å². The summed E-state index contributed by atoms with van der Waals surface area (Å²) in [4.78, 5) is 48.1. The Morgan fingerprint density at radius 1 is 1.35 bits per heavy atom. The van der Waals surface area contributed by atoms with Gasteiger partial charge >= 0.3 is 17.7 Å². The van der Waals surface area contributed by atoms with Crippen molar-refractivity contribution in [2.24, 2.45) is 0 Å². The highest BCUT2D eigenvalue weighted by Gasteiger charge is 2.55. The van der Waals surface area contributed by atoms with Crippen LogP contribution >= 0.6 is 38.5 Å². The zero-order chi connectivity index (χ0) is 29.7. The first-order valence-electron chi connectivity index (χ1n) is 12.4. The molecule has 40 heavy (non-hydrogen) atoms. The molecular formula is C25H30BrFIN5O7. The van der Waals surface area contributed by atoms with Crippen LogP contribution in [0, 0.1) is 19.5 Å². The van der Waals surface area contributed by atoms with Gasteiger partial charge in [0.25, 0.3) is 0 Å². The molecule has 1 amide bonds. The van der Waals surface area contributed by atoms with E-state index in [1.807, 2.05) is 41.6 Å². The number of ether oxygens (including phenoxy) is 3. The number of carbonyl (C=O) groups excluding carboxylic acids is 2. The highest BCUT2D eigenvalue weighted by Crippen LogP contribution is 2.47. The summed E-state index contributed by atoms with van der Waals surface area (Å²) in [6, 6.07) is 1.60. The number of esters is 1. The van der Waals surface area contributed by atoms with Gasteiger partial charge in [0.1, 0.15) is 11.1 Å². The van der Waals surface area contributed by atoms with Crippen molar-refractivity contribution in [3.63, 3.8) is 0 Å². The maximum atomic E-state index is 15.8. The number of carbonyl (C=O) groups is 2. The Kier molecular flexibility index (Phi) is 8.51. The van der Waals surface area contributed by atoms with Crippen LogP contribution in [0.25, 0.3) is 10.9 Å². The summed E-state index contributed by atoms with van der Waals surface area (Å²) in [7, 11) is 4.90. The molecule has 1 aromatic heterocycles. The lowest BCUT2D eigenvalue weighted by molar-refractivity contribution is -0.386. The van der Waals surface area contributed by atoms with Gasteiger partial charge in [-0.1, -0.05) is 0 Å². The number of aromatic nitrogens is 1. The summed E-state index contributed by atoms with van der Waals surface area (Å²) in [6.07, 6.45) is -0.731. The monoisotopic (exact) mass is 737 g/mol. The van der Waals surface area contributed by atoms with Crippen LogP contribution in [-0.4, -0.2) is 97.4 Å². The van der Waals surface area contributed by atoms with Gasteiger partial charge < -0.3 is 28.9 Å². The molecule has 4 rings (SSSR count). The Bertz CT molecular complexity index is 1380. The van der Waals surface area contributed by atoms with E-state index in [0.717, 1.165) is 7.11 Å². The quantitative estimate of drug-likeness (QED) is 0.146. The van der Waals surface area contributed by atoms with E-state index >= 15 is 4.39 Å². The molecule has 2 aliphatic heterocycles. The number of hydrogen-bond donors (Lipinski definition) is 0. The van der Waals surface area contributed by atoms with Crippen LogP contribution in [0.2, 0.25) is 0 Å². The second kappa shape index (κ2) is 11.1. The number of anilines is 1. The number of fused-ring (bicyclic) bond motifs is 1. The van der Waals surface area contributed by atoms with Crippen LogP contribution in [0.4, 0.5) is 20.7 Å². The minimum Gasteiger partial charge on any atom is -0.467 e. The Balaban J connectivity index is 2.03. The Morgan fingerprint density at radius 3 is 2.55 bits per heavy atom. The summed E-state index contributed by atoms with van der Waals surface area (Å²) in [5.41, 5.74) is -3.93. The molecule has 1 aromatic carbocycles. The lowest BCUT2D eigenvalue weighted by Crippen LogP contribution is -2.58. The van der Waals surface area contributed by atoms with Gasteiger partial charge in [-0.25, -0.2) is 19.0 Å². The molecule has 3 heterocycles. The largest absolute Gasteiger partial charge is 0.467 e. The lowest BCUT2D eigenvalue weighted by atomic mass is 9.86. The smallest absolute Gasteiger partial charge is 0.410 e. The van der Waals surface area contributed by atoms with Gasteiger partial charge in [0, 0.05) is 34.6 Å². The van der Waals surface area contributed by atoms with E-state index in [1.54, 1.807) is 25.7 Å². The predicted molar refractivity (Wildman–Crippen MR) is 156 cm³/mol. The van der Waals surface area contributed by atoms with Gasteiger partial charge in [-0.2, -0.15) is 0 Å². The number of likely N-dealkylation sites (N-methyl/N-ethyl adjacent to an activating group) is 1. The SMILES string of the molecule is COC(=O)C1(c2c([N+](=O)[O-])c(N3CC(N(C)C)C3)nc3c(F)c(Br)c(I)cc23)CN(C(=O)OC(C)(C)C)CCO1. The van der Waals surface area contributed by atoms with E-state index in [1.165, 1.54) is 11.0 Å². The summed E-state index contributed by atoms with van der Waals surface area (Å²) in [5.74, 6) is -1.82. The molecule has 2 aromatic rings. The van der Waals surface area contributed by atoms with Crippen molar-refractivity contribution in [1.82, 2.24) is 14.8 Å². The van der Waals surface area contributed by atoms with Gasteiger partial charge in [-0.05, 0) is 79.5 Å². The first-order valence-corrected chi connectivity index (χ1v) is 14.3. The first-order chi connectivity index (χ1) is 18.6. The predicted octanol–water partition coefficient (Wildman–Crippen LogP) is 4.04. The van der Waals surface area contributed by atoms with Crippen LogP contribution in [0.1, 0.15) is 26.3 Å². The molecule has 2 saturated heterocycles. The number of nitrogens with zero attached hydrogens (tertiary/aromatic N) is 5. The Hall–Kier alpha value is -2.37. The molecule has 0 aliphatic carbocycles. The van der Waals surface area contributed by atoms with Crippen LogP contribution in [0.3, 0.4) is 0 Å². The highest BCUT2D eigenvalue weighted by atomic mass is 127. The molecule has 0 bridgehead atoms. The van der Waals surface area contributed by atoms with Crippen molar-refractivity contribution in [3.8, 4) is 0 Å². The topological polar surface area (TPSA) is 128 Å². The first kappa shape index (κ1) is 30.6. The molecule has 0 saturated carbocycles. The number of hydrogen-bond acceptors (Lipinski definition) is 10. The molecule has 2 fully saturated rings. The maximum absolute atomic E-state index is 15.8. The fraction of sp³-hybridized carbons (Fsp3) is 0.560. The minimum absolute atomic E-state index is 0.00155. The molecule has 1 atom stereocenters. The van der Waals surface area contributed by atoms with Crippen molar-refractivity contribution >= 4 is 73.0 Å². The number of rotatable bonds is 5.